The fraction of sp³-hybridized carbons (Fsp3) is 0.286. The Hall–Kier alpha value is -3.95. The van der Waals surface area contributed by atoms with Crippen LogP contribution < -0.4 is 30.2 Å². The highest BCUT2D eigenvalue weighted by atomic mass is 35.5. The van der Waals surface area contributed by atoms with Crippen molar-refractivity contribution >= 4 is 23.4 Å². The van der Waals surface area contributed by atoms with E-state index in [1.165, 1.54) is 0 Å². The van der Waals surface area contributed by atoms with Crippen LogP contribution in [0.5, 0.6) is 23.0 Å². The maximum atomic E-state index is 13.3. The van der Waals surface area contributed by atoms with Crippen LogP contribution in [0.2, 0.25) is 5.02 Å². The summed E-state index contributed by atoms with van der Waals surface area (Å²) in [6.07, 6.45) is 0.524. The van der Waals surface area contributed by atoms with Crippen molar-refractivity contribution in [3.05, 3.63) is 82.4 Å². The van der Waals surface area contributed by atoms with Crippen LogP contribution in [-0.2, 0) is 18.0 Å². The van der Waals surface area contributed by atoms with Gasteiger partial charge >= 0.3 is 0 Å². The van der Waals surface area contributed by atoms with Crippen molar-refractivity contribution in [2.24, 2.45) is 11.8 Å². The summed E-state index contributed by atoms with van der Waals surface area (Å²) in [5, 5.41) is 0.141. The summed E-state index contributed by atoms with van der Waals surface area (Å²) in [6, 6.07) is 18.2. The molecule has 1 aliphatic rings. The average molecular weight is 540 g/mol. The van der Waals surface area contributed by atoms with Crippen LogP contribution in [0.4, 0.5) is 0 Å². The topological polar surface area (TPSA) is 112 Å². The third kappa shape index (κ3) is 6.30. The lowest BCUT2D eigenvalue weighted by atomic mass is 10.1. The van der Waals surface area contributed by atoms with E-state index < -0.39 is 0 Å². The van der Waals surface area contributed by atoms with E-state index in [4.69, 9.17) is 36.4 Å². The van der Waals surface area contributed by atoms with Crippen LogP contribution in [0.25, 0.3) is 0 Å². The van der Waals surface area contributed by atoms with Crippen LogP contribution >= 0.6 is 11.6 Å². The van der Waals surface area contributed by atoms with Crippen molar-refractivity contribution in [2.45, 2.75) is 19.6 Å². The molecule has 0 aromatic heterocycles. The molecule has 200 valence electrons. The van der Waals surface area contributed by atoms with Crippen molar-refractivity contribution in [3.8, 4) is 23.0 Å². The van der Waals surface area contributed by atoms with Gasteiger partial charge in [-0.3, -0.25) is 15.0 Å². The van der Waals surface area contributed by atoms with E-state index in [-0.39, 0.29) is 53.8 Å². The minimum Gasteiger partial charge on any atom is -0.497 e. The largest absolute Gasteiger partial charge is 0.497 e. The minimum absolute atomic E-state index is 0.141. The fourth-order valence-corrected chi connectivity index (χ4v) is 4.45. The summed E-state index contributed by atoms with van der Waals surface area (Å²) >= 11 is 6.76. The molecule has 0 bridgehead atoms. The number of amides is 2. The van der Waals surface area contributed by atoms with Gasteiger partial charge in [-0.25, -0.2) is 5.84 Å². The number of benzene rings is 3. The van der Waals surface area contributed by atoms with Crippen LogP contribution in [0, 0.1) is 5.92 Å². The maximum Gasteiger partial charge on any atom is 0.255 e. The van der Waals surface area contributed by atoms with Crippen molar-refractivity contribution < 1.29 is 28.5 Å². The van der Waals surface area contributed by atoms with Gasteiger partial charge in [0.15, 0.2) is 11.5 Å². The molecule has 0 saturated carbocycles. The number of likely N-dealkylation sites (tertiary alicyclic amines) is 1. The van der Waals surface area contributed by atoms with Crippen molar-refractivity contribution in [1.82, 2.24) is 10.3 Å². The lowest BCUT2D eigenvalue weighted by Crippen LogP contribution is -2.38. The zero-order valence-corrected chi connectivity index (χ0v) is 22.0. The van der Waals surface area contributed by atoms with E-state index in [9.17, 15) is 9.59 Å². The zero-order chi connectivity index (χ0) is 27.1. The number of methoxy groups -OCH3 is 2. The molecule has 0 radical (unpaired) electrons. The number of ether oxygens (including phenoxy) is 4. The Morgan fingerprint density at radius 2 is 1.50 bits per heavy atom. The maximum absolute atomic E-state index is 13.3. The Balaban J connectivity index is 1.56. The first-order valence-corrected chi connectivity index (χ1v) is 12.4. The van der Waals surface area contributed by atoms with E-state index in [2.05, 4.69) is 5.43 Å². The zero-order valence-electron chi connectivity index (χ0n) is 21.2. The van der Waals surface area contributed by atoms with E-state index in [1.807, 2.05) is 48.5 Å². The van der Waals surface area contributed by atoms with Gasteiger partial charge in [0, 0.05) is 13.1 Å². The smallest absolute Gasteiger partial charge is 0.255 e. The number of hydrazine groups is 1. The number of hydrogen-bond acceptors (Lipinski definition) is 7. The van der Waals surface area contributed by atoms with Gasteiger partial charge in [-0.2, -0.15) is 0 Å². The first kappa shape index (κ1) is 27.1. The monoisotopic (exact) mass is 539 g/mol. The summed E-state index contributed by atoms with van der Waals surface area (Å²) < 4.78 is 22.6. The van der Waals surface area contributed by atoms with E-state index >= 15 is 0 Å². The number of halogens is 1. The van der Waals surface area contributed by atoms with E-state index in [0.717, 1.165) is 22.6 Å². The van der Waals surface area contributed by atoms with Crippen LogP contribution in [-0.4, -0.2) is 44.0 Å². The number of carbonyl (C=O) groups excluding carboxylic acids is 2. The molecule has 0 aliphatic carbocycles. The molecule has 1 heterocycles. The van der Waals surface area contributed by atoms with Crippen molar-refractivity contribution in [3.63, 3.8) is 0 Å². The quantitative estimate of drug-likeness (QED) is 0.228. The van der Waals surface area contributed by atoms with Crippen LogP contribution in [0.3, 0.4) is 0 Å². The number of nitrogens with zero attached hydrogens (tertiary/aromatic N) is 1. The first-order valence-electron chi connectivity index (χ1n) is 12.1. The molecule has 1 unspecified atom stereocenters. The number of nitrogens with one attached hydrogen (secondary N) is 1. The van der Waals surface area contributed by atoms with Gasteiger partial charge in [0.25, 0.3) is 5.91 Å². The van der Waals surface area contributed by atoms with Gasteiger partial charge in [-0.1, -0.05) is 35.9 Å². The summed E-state index contributed by atoms with van der Waals surface area (Å²) in [5.41, 5.74) is 4.22. The minimum atomic E-state index is -0.361. The SMILES string of the molecule is COc1ccc(COc2ccc(C(=O)N3CCC(C(=O)NN)C3)c(Cl)c2OCc2ccc(OC)cc2)cc1. The van der Waals surface area contributed by atoms with Gasteiger partial charge in [0.2, 0.25) is 5.91 Å². The number of nitrogens with two attached hydrogens (primary N) is 1. The molecule has 3 aromatic carbocycles. The fourth-order valence-electron chi connectivity index (χ4n) is 4.16. The Kier molecular flexibility index (Phi) is 8.93. The van der Waals surface area contributed by atoms with Crippen molar-refractivity contribution in [2.75, 3.05) is 27.3 Å². The number of rotatable bonds is 10. The van der Waals surface area contributed by atoms with Gasteiger partial charge in [-0.15, -0.1) is 0 Å². The van der Waals surface area contributed by atoms with Crippen LogP contribution in [0.15, 0.2) is 60.7 Å². The Morgan fingerprint density at radius 3 is 2.05 bits per heavy atom. The first-order chi connectivity index (χ1) is 18.4. The third-order valence-electron chi connectivity index (χ3n) is 6.38. The molecule has 9 nitrogen and oxygen atoms in total. The van der Waals surface area contributed by atoms with Crippen LogP contribution in [0.1, 0.15) is 27.9 Å². The molecule has 10 heteroatoms. The molecule has 4 rings (SSSR count). The number of hydrogen-bond donors (Lipinski definition) is 2. The Bertz CT molecular complexity index is 1270. The van der Waals surface area contributed by atoms with Gasteiger partial charge in [0.1, 0.15) is 24.7 Å². The molecule has 3 aromatic rings. The second-order valence-electron chi connectivity index (χ2n) is 8.77. The summed E-state index contributed by atoms with van der Waals surface area (Å²) in [6.45, 7) is 1.14. The Morgan fingerprint density at radius 1 is 0.921 bits per heavy atom. The van der Waals surface area contributed by atoms with Gasteiger partial charge < -0.3 is 23.8 Å². The highest BCUT2D eigenvalue weighted by Crippen LogP contribution is 2.40. The van der Waals surface area contributed by atoms with Gasteiger partial charge in [-0.05, 0) is 53.9 Å². The second-order valence-corrected chi connectivity index (χ2v) is 9.15. The summed E-state index contributed by atoms with van der Waals surface area (Å²) in [4.78, 5) is 26.8. The third-order valence-corrected chi connectivity index (χ3v) is 6.75. The standard InChI is InChI=1S/C28H30ClN3O6/c1-35-21-7-3-18(4-8-21)16-37-24-12-11-23(28(34)32-14-13-20(15-32)27(33)31-30)25(29)26(24)38-17-19-5-9-22(36-2)10-6-19/h3-12,20H,13-17,30H2,1-2H3,(H,31,33). The van der Waals surface area contributed by atoms with Gasteiger partial charge in [0.05, 0.1) is 30.7 Å². The molecule has 2 amide bonds. The summed E-state index contributed by atoms with van der Waals surface area (Å²) in [7, 11) is 3.21. The molecular weight excluding hydrogens is 510 g/mol. The summed E-state index contributed by atoms with van der Waals surface area (Å²) in [5.74, 6) is 6.45. The molecular formula is C28H30ClN3O6. The highest BCUT2D eigenvalue weighted by molar-refractivity contribution is 6.35. The molecule has 1 fully saturated rings. The Labute approximate surface area is 226 Å². The predicted octanol–water partition coefficient (Wildman–Crippen LogP) is 3.97. The molecule has 1 aliphatic heterocycles. The van der Waals surface area contributed by atoms with E-state index in [1.54, 1.807) is 31.3 Å². The number of carbonyl (C=O) groups is 2. The molecule has 1 saturated heterocycles. The molecule has 38 heavy (non-hydrogen) atoms. The lowest BCUT2D eigenvalue weighted by molar-refractivity contribution is -0.124. The second kappa shape index (κ2) is 12.5. The predicted molar refractivity (Wildman–Crippen MR) is 142 cm³/mol. The van der Waals surface area contributed by atoms with E-state index in [0.29, 0.717) is 18.7 Å². The molecule has 0 spiro atoms. The molecule has 3 N–H and O–H groups in total. The molecule has 1 atom stereocenters. The highest BCUT2D eigenvalue weighted by Gasteiger charge is 2.32. The normalized spacial score (nSPS) is 14.6. The lowest BCUT2D eigenvalue weighted by Gasteiger charge is -2.20. The average Bonchev–Trinajstić information content (AvgIpc) is 3.46. The van der Waals surface area contributed by atoms with Crippen molar-refractivity contribution in [1.29, 1.82) is 0 Å².